The number of nitrogens with one attached hydrogen (secondary N) is 2. The smallest absolute Gasteiger partial charge is 0.239 e. The van der Waals surface area contributed by atoms with Gasteiger partial charge >= 0.3 is 0 Å². The molecule has 140 valence electrons. The molecule has 0 saturated heterocycles. The van der Waals surface area contributed by atoms with Crippen LogP contribution in [0.15, 0.2) is 30.5 Å². The fourth-order valence-electron chi connectivity index (χ4n) is 2.24. The molecule has 4 N–H and O–H groups in total. The summed E-state index contributed by atoms with van der Waals surface area (Å²) in [4.78, 5) is 23.6. The van der Waals surface area contributed by atoms with Gasteiger partial charge in [0.15, 0.2) is 0 Å². The van der Waals surface area contributed by atoms with E-state index in [2.05, 4.69) is 15.7 Å². The van der Waals surface area contributed by atoms with Crippen LogP contribution in [0.3, 0.4) is 0 Å². The first-order valence-electron chi connectivity index (χ1n) is 8.39. The zero-order valence-electron chi connectivity index (χ0n) is 15.1. The van der Waals surface area contributed by atoms with E-state index in [4.69, 9.17) is 5.73 Å². The average Bonchev–Trinajstić information content (AvgIpc) is 2.98. The highest BCUT2D eigenvalue weighted by Crippen LogP contribution is 2.12. The Labute approximate surface area is 151 Å². The fourth-order valence-corrected chi connectivity index (χ4v) is 2.24. The number of halogens is 1. The number of carbonyl (C=O) groups excluding carboxylic acids is 2. The Kier molecular flexibility index (Phi) is 6.46. The quantitative estimate of drug-likeness (QED) is 0.686. The predicted molar refractivity (Wildman–Crippen MR) is 95.9 cm³/mol. The van der Waals surface area contributed by atoms with E-state index in [0.29, 0.717) is 0 Å². The van der Waals surface area contributed by atoms with Crippen molar-refractivity contribution in [3.8, 4) is 5.69 Å². The summed E-state index contributed by atoms with van der Waals surface area (Å²) in [6.07, 6.45) is 1.77. The Morgan fingerprint density at radius 3 is 2.50 bits per heavy atom. The zero-order valence-corrected chi connectivity index (χ0v) is 15.1. The molecule has 0 spiro atoms. The van der Waals surface area contributed by atoms with Crippen LogP contribution in [0, 0.1) is 18.7 Å². The average molecular weight is 361 g/mol. The van der Waals surface area contributed by atoms with Crippen molar-refractivity contribution in [2.24, 2.45) is 11.7 Å². The van der Waals surface area contributed by atoms with Gasteiger partial charge in [-0.25, -0.2) is 9.07 Å². The standard InChI is InChI=1S/C18H24FN5O2/c1-11(2)17(20)18(26)22-9-16(25)21-8-13-10-24(23-12(13)3)15-6-4-14(19)5-7-15/h4-7,10-11,17H,8-9,20H2,1-3H3,(H,21,25)(H,22,26)/t17-/m0/s1. The van der Waals surface area contributed by atoms with Gasteiger partial charge < -0.3 is 16.4 Å². The van der Waals surface area contributed by atoms with Gasteiger partial charge in [0.05, 0.1) is 24.0 Å². The number of amides is 2. The molecule has 0 aliphatic rings. The topological polar surface area (TPSA) is 102 Å². The number of benzene rings is 1. The number of hydrogen-bond acceptors (Lipinski definition) is 4. The maximum Gasteiger partial charge on any atom is 0.239 e. The molecular weight excluding hydrogens is 337 g/mol. The molecule has 0 radical (unpaired) electrons. The van der Waals surface area contributed by atoms with E-state index in [1.165, 1.54) is 12.1 Å². The van der Waals surface area contributed by atoms with Gasteiger partial charge in [-0.05, 0) is 37.1 Å². The molecule has 0 unspecified atom stereocenters. The Hall–Kier alpha value is -2.74. The molecule has 2 aromatic rings. The summed E-state index contributed by atoms with van der Waals surface area (Å²) in [7, 11) is 0. The molecule has 0 bridgehead atoms. The molecule has 2 rings (SSSR count). The van der Waals surface area contributed by atoms with Crippen LogP contribution in [-0.4, -0.2) is 34.2 Å². The third-order valence-corrected chi connectivity index (χ3v) is 4.01. The summed E-state index contributed by atoms with van der Waals surface area (Å²) in [5.41, 5.74) is 8.02. The summed E-state index contributed by atoms with van der Waals surface area (Å²) in [6.45, 7) is 5.64. The van der Waals surface area contributed by atoms with Gasteiger partial charge in [0.25, 0.3) is 0 Å². The fraction of sp³-hybridized carbons (Fsp3) is 0.389. The Morgan fingerprint density at radius 2 is 1.88 bits per heavy atom. The monoisotopic (exact) mass is 361 g/mol. The molecule has 0 fully saturated rings. The van der Waals surface area contributed by atoms with E-state index in [1.54, 1.807) is 23.0 Å². The number of aromatic nitrogens is 2. The summed E-state index contributed by atoms with van der Waals surface area (Å²) < 4.78 is 14.6. The molecule has 1 atom stereocenters. The van der Waals surface area contributed by atoms with Crippen molar-refractivity contribution in [3.63, 3.8) is 0 Å². The van der Waals surface area contributed by atoms with Gasteiger partial charge in [-0.1, -0.05) is 13.8 Å². The van der Waals surface area contributed by atoms with Gasteiger partial charge in [0.2, 0.25) is 11.8 Å². The first kappa shape index (κ1) is 19.6. The van der Waals surface area contributed by atoms with Crippen LogP contribution in [0.5, 0.6) is 0 Å². The second-order valence-electron chi connectivity index (χ2n) is 6.43. The second kappa shape index (κ2) is 8.57. The first-order valence-corrected chi connectivity index (χ1v) is 8.39. The van der Waals surface area contributed by atoms with Crippen LogP contribution < -0.4 is 16.4 Å². The van der Waals surface area contributed by atoms with Crippen LogP contribution in [-0.2, 0) is 16.1 Å². The predicted octanol–water partition coefficient (Wildman–Crippen LogP) is 1.04. The van der Waals surface area contributed by atoms with Crippen LogP contribution in [0.1, 0.15) is 25.1 Å². The largest absolute Gasteiger partial charge is 0.350 e. The highest BCUT2D eigenvalue weighted by Gasteiger charge is 2.17. The number of aryl methyl sites for hydroxylation is 1. The lowest BCUT2D eigenvalue weighted by atomic mass is 10.1. The third-order valence-electron chi connectivity index (χ3n) is 4.01. The second-order valence-corrected chi connectivity index (χ2v) is 6.43. The van der Waals surface area contributed by atoms with Gasteiger partial charge in [0.1, 0.15) is 5.82 Å². The lowest BCUT2D eigenvalue weighted by Crippen LogP contribution is -2.47. The van der Waals surface area contributed by atoms with Gasteiger partial charge in [0, 0.05) is 18.3 Å². The van der Waals surface area contributed by atoms with E-state index >= 15 is 0 Å². The van der Waals surface area contributed by atoms with Crippen molar-refractivity contribution in [2.75, 3.05) is 6.54 Å². The lowest BCUT2D eigenvalue weighted by molar-refractivity contribution is -0.127. The maximum absolute atomic E-state index is 13.0. The van der Waals surface area contributed by atoms with E-state index in [0.717, 1.165) is 16.9 Å². The summed E-state index contributed by atoms with van der Waals surface area (Å²) in [6, 6.07) is 5.32. The third kappa shape index (κ3) is 5.13. The van der Waals surface area contributed by atoms with E-state index < -0.39 is 6.04 Å². The van der Waals surface area contributed by atoms with Crippen LogP contribution >= 0.6 is 0 Å². The van der Waals surface area contributed by atoms with Crippen LogP contribution in [0.2, 0.25) is 0 Å². The summed E-state index contributed by atoms with van der Waals surface area (Å²) in [5, 5.41) is 9.61. The minimum absolute atomic E-state index is 0.00184. The minimum atomic E-state index is -0.640. The normalized spacial score (nSPS) is 12.1. The highest BCUT2D eigenvalue weighted by molar-refractivity contribution is 5.87. The molecule has 26 heavy (non-hydrogen) atoms. The molecule has 0 saturated carbocycles. The SMILES string of the molecule is Cc1nn(-c2ccc(F)cc2)cc1CNC(=O)CNC(=O)[C@@H](N)C(C)C. The zero-order chi connectivity index (χ0) is 19.3. The number of nitrogens with zero attached hydrogens (tertiary/aromatic N) is 2. The van der Waals surface area contributed by atoms with Crippen LogP contribution in [0.25, 0.3) is 5.69 Å². The summed E-state index contributed by atoms with van der Waals surface area (Å²) >= 11 is 0. The van der Waals surface area contributed by atoms with Crippen molar-refractivity contribution in [1.29, 1.82) is 0 Å². The van der Waals surface area contributed by atoms with E-state index in [1.807, 2.05) is 20.8 Å². The molecule has 7 nitrogen and oxygen atoms in total. The maximum atomic E-state index is 13.0. The molecule has 0 aliphatic carbocycles. The molecule has 0 aliphatic heterocycles. The van der Waals surface area contributed by atoms with Crippen molar-refractivity contribution in [3.05, 3.63) is 47.5 Å². The molecule has 8 heteroatoms. The van der Waals surface area contributed by atoms with E-state index in [-0.39, 0.29) is 36.6 Å². The van der Waals surface area contributed by atoms with Gasteiger partial charge in [-0.15, -0.1) is 0 Å². The summed E-state index contributed by atoms with van der Waals surface area (Å²) in [5.74, 6) is -0.985. The molecule has 1 aromatic heterocycles. The lowest BCUT2D eigenvalue weighted by Gasteiger charge is -2.15. The van der Waals surface area contributed by atoms with Crippen molar-refractivity contribution < 1.29 is 14.0 Å². The number of hydrogen-bond donors (Lipinski definition) is 3. The Balaban J connectivity index is 1.88. The first-order chi connectivity index (χ1) is 12.3. The van der Waals surface area contributed by atoms with Crippen molar-refractivity contribution in [2.45, 2.75) is 33.4 Å². The number of rotatable bonds is 7. The molecule has 1 heterocycles. The van der Waals surface area contributed by atoms with Gasteiger partial charge in [-0.2, -0.15) is 5.10 Å². The van der Waals surface area contributed by atoms with Crippen molar-refractivity contribution >= 4 is 11.8 Å². The molecular formula is C18H24FN5O2. The highest BCUT2D eigenvalue weighted by atomic mass is 19.1. The number of nitrogens with two attached hydrogens (primary N) is 1. The minimum Gasteiger partial charge on any atom is -0.350 e. The molecule has 1 aromatic carbocycles. The number of carbonyl (C=O) groups is 2. The molecule has 2 amide bonds. The van der Waals surface area contributed by atoms with E-state index in [9.17, 15) is 14.0 Å². The van der Waals surface area contributed by atoms with Gasteiger partial charge in [-0.3, -0.25) is 9.59 Å². The van der Waals surface area contributed by atoms with Crippen molar-refractivity contribution in [1.82, 2.24) is 20.4 Å². The Bertz CT molecular complexity index is 770. The Morgan fingerprint density at radius 1 is 1.23 bits per heavy atom. The van der Waals surface area contributed by atoms with Crippen LogP contribution in [0.4, 0.5) is 4.39 Å².